The molecule has 1 aromatic carbocycles. The van der Waals surface area contributed by atoms with Gasteiger partial charge in [-0.2, -0.15) is 13.2 Å². The number of hydrogen-bond acceptors (Lipinski definition) is 6. The predicted octanol–water partition coefficient (Wildman–Crippen LogP) is 2.66. The monoisotopic (exact) mass is 417 g/mol. The normalized spacial score (nSPS) is 18.2. The van der Waals surface area contributed by atoms with Crippen LogP contribution in [0.2, 0.25) is 0 Å². The first kappa shape index (κ1) is 20.3. The highest BCUT2D eigenvalue weighted by molar-refractivity contribution is 7.91. The Kier molecular flexibility index (Phi) is 5.73. The lowest BCUT2D eigenvalue weighted by atomic mass is 9.98. The van der Waals surface area contributed by atoms with E-state index in [1.54, 1.807) is 18.2 Å². The van der Waals surface area contributed by atoms with Gasteiger partial charge in [-0.1, -0.05) is 18.2 Å². The van der Waals surface area contributed by atoms with Crippen molar-refractivity contribution < 1.29 is 30.8 Å². The molecule has 3 rings (SSSR count). The summed E-state index contributed by atoms with van der Waals surface area (Å²) in [5.74, 6) is -2.80. The fourth-order valence-electron chi connectivity index (χ4n) is 3.04. The summed E-state index contributed by atoms with van der Waals surface area (Å²) in [6.45, 7) is 0.519. The Labute approximate surface area is 159 Å². The number of sulfone groups is 1. The highest BCUT2D eigenvalue weighted by atomic mass is 32.2. The van der Waals surface area contributed by atoms with Crippen LogP contribution in [0.5, 0.6) is 0 Å². The maximum Gasteiger partial charge on any atom is 0.470 e. The molecule has 1 aliphatic rings. The molecule has 11 heteroatoms. The molecule has 1 unspecified atom stereocenters. The zero-order chi connectivity index (χ0) is 20.4. The third-order valence-corrected chi connectivity index (χ3v) is 6.23. The lowest BCUT2D eigenvalue weighted by molar-refractivity contribution is -0.157. The van der Waals surface area contributed by atoms with Gasteiger partial charge < -0.3 is 9.32 Å². The third-order valence-electron chi connectivity index (χ3n) is 4.49. The molecule has 1 aliphatic heterocycles. The second kappa shape index (κ2) is 7.90. The molecular weight excluding hydrogens is 399 g/mol. The number of carbonyl (C=O) groups excluding carboxylic acids is 1. The molecule has 1 aromatic heterocycles. The molecule has 2 heterocycles. The summed E-state index contributed by atoms with van der Waals surface area (Å²) in [6, 6.07) is 7.82. The quantitative estimate of drug-likeness (QED) is 0.743. The summed E-state index contributed by atoms with van der Waals surface area (Å²) < 4.78 is 67.1. The molecule has 152 valence electrons. The maximum absolute atomic E-state index is 12.6. The number of likely N-dealkylation sites (tertiary alicyclic amines) is 1. The van der Waals surface area contributed by atoms with Crippen molar-refractivity contribution in [3.05, 3.63) is 42.1 Å². The second-order valence-corrected chi connectivity index (χ2v) is 8.61. The van der Waals surface area contributed by atoms with E-state index in [-0.39, 0.29) is 35.4 Å². The number of rotatable bonds is 5. The van der Waals surface area contributed by atoms with Crippen molar-refractivity contribution in [3.63, 3.8) is 0 Å². The molecule has 28 heavy (non-hydrogen) atoms. The van der Waals surface area contributed by atoms with E-state index in [4.69, 9.17) is 4.42 Å². The summed E-state index contributed by atoms with van der Waals surface area (Å²) in [4.78, 5) is 14.0. The highest BCUT2D eigenvalue weighted by Gasteiger charge is 2.39. The van der Waals surface area contributed by atoms with Crippen LogP contribution in [0.25, 0.3) is 0 Å². The average Bonchev–Trinajstić information content (AvgIpc) is 3.18. The molecule has 0 bridgehead atoms. The van der Waals surface area contributed by atoms with Crippen LogP contribution in [-0.4, -0.2) is 48.3 Å². The molecule has 7 nitrogen and oxygen atoms in total. The Hall–Kier alpha value is -2.43. The van der Waals surface area contributed by atoms with Crippen LogP contribution < -0.4 is 0 Å². The molecule has 0 radical (unpaired) electrons. The Bertz CT molecular complexity index is 929. The van der Waals surface area contributed by atoms with Crippen molar-refractivity contribution in [1.82, 2.24) is 15.1 Å². The zero-order valence-corrected chi connectivity index (χ0v) is 15.5. The molecule has 2 aromatic rings. The van der Waals surface area contributed by atoms with E-state index in [1.165, 1.54) is 17.0 Å². The van der Waals surface area contributed by atoms with Crippen molar-refractivity contribution in [3.8, 4) is 0 Å². The fourth-order valence-corrected chi connectivity index (χ4v) is 4.30. The summed E-state index contributed by atoms with van der Waals surface area (Å²) >= 11 is 0. The first-order chi connectivity index (χ1) is 13.2. The minimum absolute atomic E-state index is 0.115. The van der Waals surface area contributed by atoms with Crippen LogP contribution in [0, 0.1) is 0 Å². The summed E-state index contributed by atoms with van der Waals surface area (Å²) in [5.41, 5.74) is 0. The summed E-state index contributed by atoms with van der Waals surface area (Å²) in [7, 11) is -3.59. The number of aromatic nitrogens is 2. The Morgan fingerprint density at radius 2 is 1.93 bits per heavy atom. The predicted molar refractivity (Wildman–Crippen MR) is 91.0 cm³/mol. The topological polar surface area (TPSA) is 93.4 Å². The van der Waals surface area contributed by atoms with Crippen molar-refractivity contribution in [2.75, 3.05) is 18.8 Å². The maximum atomic E-state index is 12.6. The number of benzene rings is 1. The fraction of sp³-hybridized carbons (Fsp3) is 0.471. The van der Waals surface area contributed by atoms with Gasteiger partial charge in [0.1, 0.15) is 0 Å². The van der Waals surface area contributed by atoms with Crippen LogP contribution >= 0.6 is 0 Å². The summed E-state index contributed by atoms with van der Waals surface area (Å²) in [5, 5.41) is 6.46. The summed E-state index contributed by atoms with van der Waals surface area (Å²) in [6.07, 6.45) is -3.88. The molecule has 1 saturated heterocycles. The molecule has 1 amide bonds. The van der Waals surface area contributed by atoms with Gasteiger partial charge in [0.05, 0.1) is 16.6 Å². The molecular formula is C17H18F3N3O4S. The minimum Gasteiger partial charge on any atom is -0.417 e. The van der Waals surface area contributed by atoms with E-state index in [1.807, 2.05) is 0 Å². The average molecular weight is 417 g/mol. The van der Waals surface area contributed by atoms with Gasteiger partial charge >= 0.3 is 12.1 Å². The van der Waals surface area contributed by atoms with E-state index in [0.717, 1.165) is 0 Å². The van der Waals surface area contributed by atoms with Gasteiger partial charge in [-0.25, -0.2) is 8.42 Å². The van der Waals surface area contributed by atoms with Crippen LogP contribution in [0.3, 0.4) is 0 Å². The standard InChI is InChI=1S/C17H18F3N3O4S/c18-17(19,20)16-22-21-15(27-16)12-5-4-9-23(11-12)14(24)8-10-28(25,26)13-6-2-1-3-7-13/h1-3,6-7,12H,4-5,8-11H2. The molecule has 1 fully saturated rings. The largest absolute Gasteiger partial charge is 0.470 e. The van der Waals surface area contributed by atoms with Crippen LogP contribution in [0.4, 0.5) is 13.2 Å². The lowest BCUT2D eigenvalue weighted by Crippen LogP contribution is -2.39. The van der Waals surface area contributed by atoms with Gasteiger partial charge in [-0.15, -0.1) is 10.2 Å². The number of hydrogen-bond donors (Lipinski definition) is 0. The number of carbonyl (C=O) groups is 1. The molecule has 0 saturated carbocycles. The Morgan fingerprint density at radius 3 is 2.57 bits per heavy atom. The van der Waals surface area contributed by atoms with Crippen molar-refractivity contribution in [2.24, 2.45) is 0 Å². The van der Waals surface area contributed by atoms with E-state index in [2.05, 4.69) is 10.2 Å². The van der Waals surface area contributed by atoms with E-state index >= 15 is 0 Å². The van der Waals surface area contributed by atoms with Gasteiger partial charge in [0.2, 0.25) is 11.8 Å². The molecule has 1 atom stereocenters. The molecule has 0 aliphatic carbocycles. The van der Waals surface area contributed by atoms with E-state index in [0.29, 0.717) is 19.4 Å². The smallest absolute Gasteiger partial charge is 0.417 e. The SMILES string of the molecule is O=C(CCS(=O)(=O)c1ccccc1)N1CCCC(c2nnc(C(F)(F)F)o2)C1. The first-order valence-corrected chi connectivity index (χ1v) is 10.3. The Balaban J connectivity index is 1.61. The third kappa shape index (κ3) is 4.70. The molecule has 0 N–H and O–H groups in total. The highest BCUT2D eigenvalue weighted by Crippen LogP contribution is 2.32. The van der Waals surface area contributed by atoms with Crippen molar-refractivity contribution >= 4 is 15.7 Å². The first-order valence-electron chi connectivity index (χ1n) is 8.63. The number of nitrogens with zero attached hydrogens (tertiary/aromatic N) is 3. The Morgan fingerprint density at radius 1 is 1.21 bits per heavy atom. The van der Waals surface area contributed by atoms with Gasteiger partial charge in [0, 0.05) is 19.5 Å². The lowest BCUT2D eigenvalue weighted by Gasteiger charge is -2.31. The van der Waals surface area contributed by atoms with Crippen LogP contribution in [0.1, 0.15) is 37.0 Å². The van der Waals surface area contributed by atoms with Crippen LogP contribution in [-0.2, 0) is 20.8 Å². The second-order valence-electron chi connectivity index (χ2n) is 6.50. The number of amides is 1. The number of halogens is 3. The van der Waals surface area contributed by atoms with Gasteiger partial charge in [-0.3, -0.25) is 4.79 Å². The number of piperidine rings is 1. The number of alkyl halides is 3. The van der Waals surface area contributed by atoms with E-state index < -0.39 is 27.8 Å². The van der Waals surface area contributed by atoms with Crippen LogP contribution in [0.15, 0.2) is 39.6 Å². The van der Waals surface area contributed by atoms with Gasteiger partial charge in [0.25, 0.3) is 0 Å². The van der Waals surface area contributed by atoms with Crippen molar-refractivity contribution in [2.45, 2.75) is 36.3 Å². The van der Waals surface area contributed by atoms with Gasteiger partial charge in [-0.05, 0) is 25.0 Å². The molecule has 0 spiro atoms. The van der Waals surface area contributed by atoms with Gasteiger partial charge in [0.15, 0.2) is 9.84 Å². The van der Waals surface area contributed by atoms with Crippen molar-refractivity contribution in [1.29, 1.82) is 0 Å². The van der Waals surface area contributed by atoms with E-state index in [9.17, 15) is 26.4 Å². The zero-order valence-electron chi connectivity index (χ0n) is 14.7. The minimum atomic E-state index is -4.72.